The summed E-state index contributed by atoms with van der Waals surface area (Å²) >= 11 is 0. The molecule has 10 atom stereocenters. The Morgan fingerprint density at radius 2 is 1.54 bits per heavy atom. The number of esters is 1. The van der Waals surface area contributed by atoms with Crippen LogP contribution in [0.2, 0.25) is 0 Å². The van der Waals surface area contributed by atoms with Crippen LogP contribution in [0.15, 0.2) is 48.1 Å². The number of fused-ring (bicyclic) bond motifs is 5. The van der Waals surface area contributed by atoms with Crippen molar-refractivity contribution in [1.82, 2.24) is 0 Å². The maximum Gasteiger partial charge on any atom is 0.306 e. The average molecular weight is 693 g/mol. The molecule has 0 heterocycles. The molecule has 0 amide bonds. The first-order valence-electron chi connectivity index (χ1n) is 21.2. The largest absolute Gasteiger partial charge is 0.462 e. The monoisotopic (exact) mass is 693 g/mol. The van der Waals surface area contributed by atoms with E-state index in [1.165, 1.54) is 63.4 Å². The Hall–Kier alpha value is -1.65. The summed E-state index contributed by atoms with van der Waals surface area (Å²) in [4.78, 5) is 12.9. The Balaban J connectivity index is 1.21. The average Bonchev–Trinajstić information content (AvgIpc) is 3.44. The van der Waals surface area contributed by atoms with Crippen LogP contribution in [0.3, 0.4) is 0 Å². The SMILES string of the molecule is CCCCCC=CCC=CCCCCCCCC(=O)OC1CCC2(C)C3CCC4(C)C(CCC4C(C)C=CC(C)C(C)C)C3=CC(O)C2(O)C1. The lowest BCUT2D eigenvalue weighted by atomic mass is 9.45. The van der Waals surface area contributed by atoms with Crippen molar-refractivity contribution < 1.29 is 19.7 Å². The minimum Gasteiger partial charge on any atom is -0.462 e. The molecule has 0 spiro atoms. The van der Waals surface area contributed by atoms with Crippen LogP contribution in [-0.4, -0.2) is 34.0 Å². The molecule has 4 heteroatoms. The number of hydrogen-bond donors (Lipinski definition) is 2. The standard InChI is InChI=1S/C46H76O4/c1-8-9-10-11-12-13-14-15-16-17-18-19-20-21-22-23-43(48)50-37-28-31-45(7)41-29-30-44(6)39(36(5)25-24-35(4)34(2)3)26-27-40(44)38(41)32-42(47)46(45,49)33-37/h12-13,15-16,24-25,32,34-37,39-42,47,49H,8-11,14,17-23,26-31,33H2,1-7H3. The van der Waals surface area contributed by atoms with Gasteiger partial charge in [-0.05, 0) is 118 Å². The molecule has 2 N–H and O–H groups in total. The molecule has 0 saturated heterocycles. The number of aliphatic hydroxyl groups is 2. The van der Waals surface area contributed by atoms with E-state index in [0.29, 0.717) is 42.4 Å². The zero-order valence-corrected chi connectivity index (χ0v) is 33.3. The summed E-state index contributed by atoms with van der Waals surface area (Å²) in [6.45, 7) is 16.3. The van der Waals surface area contributed by atoms with Crippen LogP contribution in [0.5, 0.6) is 0 Å². The molecular formula is C46H76O4. The number of hydrogen-bond acceptors (Lipinski definition) is 4. The highest BCUT2D eigenvalue weighted by atomic mass is 16.5. The molecule has 0 bridgehead atoms. The summed E-state index contributed by atoms with van der Waals surface area (Å²) in [6, 6.07) is 0. The molecule has 3 fully saturated rings. The number of unbranched alkanes of at least 4 members (excludes halogenated alkanes) is 8. The predicted molar refractivity (Wildman–Crippen MR) is 210 cm³/mol. The number of allylic oxidation sites excluding steroid dienone is 7. The van der Waals surface area contributed by atoms with Gasteiger partial charge in [0, 0.05) is 18.3 Å². The van der Waals surface area contributed by atoms with E-state index in [9.17, 15) is 15.0 Å². The van der Waals surface area contributed by atoms with Gasteiger partial charge in [0.1, 0.15) is 17.8 Å². The predicted octanol–water partition coefficient (Wildman–Crippen LogP) is 11.9. The Morgan fingerprint density at radius 3 is 2.24 bits per heavy atom. The minimum atomic E-state index is -1.27. The zero-order valence-electron chi connectivity index (χ0n) is 33.3. The molecule has 0 aromatic rings. The normalized spacial score (nSPS) is 35.3. The third kappa shape index (κ3) is 9.66. The van der Waals surface area contributed by atoms with Crippen LogP contribution in [0.4, 0.5) is 0 Å². The van der Waals surface area contributed by atoms with E-state index in [1.807, 2.05) is 0 Å². The van der Waals surface area contributed by atoms with E-state index in [4.69, 9.17) is 4.74 Å². The van der Waals surface area contributed by atoms with Gasteiger partial charge in [0.05, 0.1) is 0 Å². The van der Waals surface area contributed by atoms with Crippen LogP contribution in [0.1, 0.15) is 170 Å². The molecule has 0 aromatic heterocycles. The van der Waals surface area contributed by atoms with Crippen LogP contribution >= 0.6 is 0 Å². The first-order chi connectivity index (χ1) is 23.9. The fourth-order valence-electron chi connectivity index (χ4n) is 10.6. The second-order valence-corrected chi connectivity index (χ2v) is 18.0. The van der Waals surface area contributed by atoms with E-state index < -0.39 is 17.1 Å². The van der Waals surface area contributed by atoms with Crippen molar-refractivity contribution in [2.24, 2.45) is 46.3 Å². The highest BCUT2D eigenvalue weighted by Gasteiger charge is 2.65. The van der Waals surface area contributed by atoms with E-state index in [-0.39, 0.29) is 23.4 Å². The fraction of sp³-hybridized carbons (Fsp3) is 0.804. The maximum atomic E-state index is 12.9. The van der Waals surface area contributed by atoms with Gasteiger partial charge < -0.3 is 14.9 Å². The topological polar surface area (TPSA) is 66.8 Å². The molecule has 3 saturated carbocycles. The first-order valence-corrected chi connectivity index (χ1v) is 21.2. The molecule has 4 rings (SSSR count). The maximum absolute atomic E-state index is 12.9. The van der Waals surface area contributed by atoms with Crippen molar-refractivity contribution in [3.63, 3.8) is 0 Å². The summed E-state index contributed by atoms with van der Waals surface area (Å²) in [5.41, 5.74) is -0.0208. The number of aliphatic hydroxyl groups excluding tert-OH is 1. The lowest BCUT2D eigenvalue weighted by molar-refractivity contribution is -0.216. The molecule has 284 valence electrons. The molecule has 4 nitrogen and oxygen atoms in total. The summed E-state index contributed by atoms with van der Waals surface area (Å²) in [5, 5.41) is 23.9. The van der Waals surface area contributed by atoms with Crippen LogP contribution in [-0.2, 0) is 9.53 Å². The number of carbonyl (C=O) groups is 1. The molecule has 50 heavy (non-hydrogen) atoms. The van der Waals surface area contributed by atoms with E-state index in [1.54, 1.807) is 0 Å². The lowest BCUT2D eigenvalue weighted by Crippen LogP contribution is -2.65. The van der Waals surface area contributed by atoms with Crippen molar-refractivity contribution in [3.05, 3.63) is 48.1 Å². The van der Waals surface area contributed by atoms with Crippen LogP contribution in [0.25, 0.3) is 0 Å². The van der Waals surface area contributed by atoms with Gasteiger partial charge >= 0.3 is 5.97 Å². The van der Waals surface area contributed by atoms with E-state index >= 15 is 0 Å². The van der Waals surface area contributed by atoms with E-state index in [2.05, 4.69) is 91.0 Å². The van der Waals surface area contributed by atoms with Gasteiger partial charge in [-0.25, -0.2) is 0 Å². The van der Waals surface area contributed by atoms with Crippen molar-refractivity contribution in [3.8, 4) is 0 Å². The summed E-state index contributed by atoms with van der Waals surface area (Å²) in [5.74, 6) is 3.04. The van der Waals surface area contributed by atoms with Gasteiger partial charge in [-0.2, -0.15) is 0 Å². The summed E-state index contributed by atoms with van der Waals surface area (Å²) < 4.78 is 5.98. The highest BCUT2D eigenvalue weighted by Crippen LogP contribution is 2.67. The molecule has 0 aliphatic heterocycles. The van der Waals surface area contributed by atoms with Gasteiger partial charge in [-0.15, -0.1) is 0 Å². The molecule has 0 radical (unpaired) electrons. The van der Waals surface area contributed by atoms with Crippen molar-refractivity contribution >= 4 is 5.97 Å². The zero-order chi connectivity index (χ0) is 36.4. The van der Waals surface area contributed by atoms with Crippen LogP contribution < -0.4 is 0 Å². The Bertz CT molecular complexity index is 1180. The molecular weight excluding hydrogens is 617 g/mol. The van der Waals surface area contributed by atoms with Crippen molar-refractivity contribution in [1.29, 1.82) is 0 Å². The third-order valence-corrected chi connectivity index (χ3v) is 14.3. The fourth-order valence-corrected chi connectivity index (χ4v) is 10.6. The summed E-state index contributed by atoms with van der Waals surface area (Å²) in [7, 11) is 0. The first kappa shape index (κ1) is 41.1. The van der Waals surface area contributed by atoms with Crippen molar-refractivity contribution in [2.75, 3.05) is 0 Å². The Labute approximate surface area is 307 Å². The number of rotatable bonds is 19. The minimum absolute atomic E-state index is 0.147. The van der Waals surface area contributed by atoms with Gasteiger partial charge in [-0.3, -0.25) is 4.79 Å². The number of carbonyl (C=O) groups excluding carboxylic acids is 1. The molecule has 0 aromatic carbocycles. The molecule has 4 aliphatic carbocycles. The van der Waals surface area contributed by atoms with E-state index in [0.717, 1.165) is 51.4 Å². The Morgan fingerprint density at radius 1 is 0.860 bits per heavy atom. The smallest absolute Gasteiger partial charge is 0.306 e. The second kappa shape index (κ2) is 18.9. The van der Waals surface area contributed by atoms with Gasteiger partial charge in [0.15, 0.2) is 0 Å². The second-order valence-electron chi connectivity index (χ2n) is 18.0. The van der Waals surface area contributed by atoms with Crippen molar-refractivity contribution in [2.45, 2.75) is 188 Å². The molecule has 4 aliphatic rings. The van der Waals surface area contributed by atoms with Gasteiger partial charge in [-0.1, -0.05) is 129 Å². The summed E-state index contributed by atoms with van der Waals surface area (Å²) in [6.07, 6.45) is 34.6. The van der Waals surface area contributed by atoms with Crippen LogP contribution in [0, 0.1) is 46.3 Å². The molecule has 10 unspecified atom stereocenters. The third-order valence-electron chi connectivity index (χ3n) is 14.3. The van der Waals surface area contributed by atoms with Gasteiger partial charge in [0.2, 0.25) is 0 Å². The Kier molecular flexibility index (Phi) is 15.5. The number of ether oxygens (including phenoxy) is 1. The quantitative estimate of drug-likeness (QED) is 0.0803. The highest BCUT2D eigenvalue weighted by molar-refractivity contribution is 5.69. The lowest BCUT2D eigenvalue weighted by Gasteiger charge is -2.62. The van der Waals surface area contributed by atoms with Gasteiger partial charge in [0.25, 0.3) is 0 Å².